The molecule has 0 radical (unpaired) electrons. The monoisotopic (exact) mass is 508 g/mol. The Morgan fingerprint density at radius 3 is 2.51 bits per heavy atom. The number of fused-ring (bicyclic) bond motifs is 1. The lowest BCUT2D eigenvalue weighted by Gasteiger charge is -2.23. The van der Waals surface area contributed by atoms with Crippen LogP contribution in [0.4, 0.5) is 5.69 Å². The summed E-state index contributed by atoms with van der Waals surface area (Å²) in [5.74, 6) is 0.0363. The molecule has 0 fully saturated rings. The van der Waals surface area contributed by atoms with Crippen molar-refractivity contribution in [2.75, 3.05) is 19.0 Å². The number of carbonyl (C=O) groups is 2. The van der Waals surface area contributed by atoms with Gasteiger partial charge in [-0.2, -0.15) is 0 Å². The number of hydrogen-bond donors (Lipinski definition) is 1. The summed E-state index contributed by atoms with van der Waals surface area (Å²) < 4.78 is 0. The first kappa shape index (κ1) is 24.8. The molecular formula is C27H26Cl2N4O2. The van der Waals surface area contributed by atoms with Crippen molar-refractivity contribution in [1.82, 2.24) is 10.2 Å². The molecule has 180 valence electrons. The van der Waals surface area contributed by atoms with Gasteiger partial charge in [-0.15, -0.1) is 0 Å². The van der Waals surface area contributed by atoms with Crippen LogP contribution in [0.2, 0.25) is 10.0 Å². The number of halogens is 2. The molecule has 0 aliphatic carbocycles. The van der Waals surface area contributed by atoms with Gasteiger partial charge in [0, 0.05) is 42.7 Å². The second-order valence-electron chi connectivity index (χ2n) is 8.41. The lowest BCUT2D eigenvalue weighted by atomic mass is 10.1. The molecule has 1 N–H and O–H groups in total. The zero-order chi connectivity index (χ0) is 24.9. The van der Waals surface area contributed by atoms with E-state index in [9.17, 15) is 9.59 Å². The molecule has 6 nitrogen and oxygen atoms in total. The maximum Gasteiger partial charge on any atom is 0.272 e. The predicted molar refractivity (Wildman–Crippen MR) is 141 cm³/mol. The molecule has 4 rings (SSSR count). The van der Waals surface area contributed by atoms with E-state index in [4.69, 9.17) is 28.2 Å². The number of aliphatic imine (C=N–C) groups is 1. The minimum atomic E-state index is -1.05. The summed E-state index contributed by atoms with van der Waals surface area (Å²) >= 11 is 12.2. The summed E-state index contributed by atoms with van der Waals surface area (Å²) in [5, 5.41) is 3.86. The fourth-order valence-corrected chi connectivity index (χ4v) is 4.54. The van der Waals surface area contributed by atoms with E-state index in [2.05, 4.69) is 5.32 Å². The van der Waals surface area contributed by atoms with Crippen molar-refractivity contribution in [2.45, 2.75) is 25.6 Å². The van der Waals surface area contributed by atoms with Crippen molar-refractivity contribution in [3.05, 3.63) is 99.5 Å². The maximum absolute atomic E-state index is 13.3. The summed E-state index contributed by atoms with van der Waals surface area (Å²) in [6.07, 6.45) is -0.468. The molecule has 0 saturated carbocycles. The molecule has 1 unspecified atom stereocenters. The quantitative estimate of drug-likeness (QED) is 0.513. The molecule has 2 amide bonds. The van der Waals surface area contributed by atoms with Crippen LogP contribution in [0, 0.1) is 0 Å². The van der Waals surface area contributed by atoms with Crippen LogP contribution in [0.25, 0.3) is 0 Å². The van der Waals surface area contributed by atoms with E-state index >= 15 is 0 Å². The Labute approximate surface area is 215 Å². The number of benzene rings is 3. The van der Waals surface area contributed by atoms with Crippen LogP contribution >= 0.6 is 23.2 Å². The lowest BCUT2D eigenvalue weighted by molar-refractivity contribution is -0.127. The van der Waals surface area contributed by atoms with Crippen LogP contribution in [0.5, 0.6) is 0 Å². The van der Waals surface area contributed by atoms with E-state index in [-0.39, 0.29) is 18.2 Å². The van der Waals surface area contributed by atoms with Gasteiger partial charge in [0.05, 0.1) is 5.69 Å². The molecule has 35 heavy (non-hydrogen) atoms. The largest absolute Gasteiger partial charge is 0.355 e. The summed E-state index contributed by atoms with van der Waals surface area (Å²) in [6.45, 7) is 0.599. The number of amidine groups is 1. The average Bonchev–Trinajstić information content (AvgIpc) is 2.95. The second kappa shape index (κ2) is 10.9. The van der Waals surface area contributed by atoms with Crippen molar-refractivity contribution in [1.29, 1.82) is 0 Å². The first-order valence-corrected chi connectivity index (χ1v) is 12.0. The van der Waals surface area contributed by atoms with Gasteiger partial charge in [-0.3, -0.25) is 9.59 Å². The van der Waals surface area contributed by atoms with Gasteiger partial charge in [-0.25, -0.2) is 4.99 Å². The van der Waals surface area contributed by atoms with Gasteiger partial charge in [-0.05, 0) is 41.8 Å². The second-order valence-corrected chi connectivity index (χ2v) is 9.26. The number of benzodiazepines with no additional fused rings is 1. The molecule has 8 heteroatoms. The first-order chi connectivity index (χ1) is 16.8. The highest BCUT2D eigenvalue weighted by Crippen LogP contribution is 2.26. The number of amides is 2. The van der Waals surface area contributed by atoms with Gasteiger partial charge in [0.15, 0.2) is 0 Å². The van der Waals surface area contributed by atoms with Crippen molar-refractivity contribution in [3.8, 4) is 0 Å². The minimum Gasteiger partial charge on any atom is -0.355 e. The van der Waals surface area contributed by atoms with E-state index < -0.39 is 6.17 Å². The molecule has 0 aromatic heterocycles. The molecule has 3 aromatic rings. The molecule has 1 atom stereocenters. The fourth-order valence-electron chi connectivity index (χ4n) is 4.03. The Hall–Kier alpha value is -3.35. The van der Waals surface area contributed by atoms with Gasteiger partial charge >= 0.3 is 0 Å². The SMILES string of the molecule is CN(Cc1ccccc1)C1=NC(NC(=O)CCc2ccc(Cl)cc2Cl)C(=O)N(C)c2ccccc21. The topological polar surface area (TPSA) is 65.0 Å². The third-order valence-electron chi connectivity index (χ3n) is 5.88. The highest BCUT2D eigenvalue weighted by Gasteiger charge is 2.31. The smallest absolute Gasteiger partial charge is 0.272 e. The minimum absolute atomic E-state index is 0.159. The fraction of sp³-hybridized carbons (Fsp3) is 0.222. The first-order valence-electron chi connectivity index (χ1n) is 11.3. The average molecular weight is 509 g/mol. The van der Waals surface area contributed by atoms with Crippen molar-refractivity contribution in [3.63, 3.8) is 0 Å². The van der Waals surface area contributed by atoms with E-state index in [1.165, 1.54) is 0 Å². The molecule has 0 saturated heterocycles. The third kappa shape index (κ3) is 5.84. The Morgan fingerprint density at radius 2 is 1.77 bits per heavy atom. The molecule has 0 spiro atoms. The zero-order valence-electron chi connectivity index (χ0n) is 19.5. The van der Waals surface area contributed by atoms with Crippen LogP contribution in [0.15, 0.2) is 77.8 Å². The summed E-state index contributed by atoms with van der Waals surface area (Å²) in [5.41, 5.74) is 3.49. The van der Waals surface area contributed by atoms with Crippen LogP contribution in [0.1, 0.15) is 23.1 Å². The summed E-state index contributed by atoms with van der Waals surface area (Å²) in [7, 11) is 3.63. The molecule has 0 bridgehead atoms. The molecular weight excluding hydrogens is 483 g/mol. The van der Waals surface area contributed by atoms with Crippen LogP contribution in [-0.4, -0.2) is 42.8 Å². The Kier molecular flexibility index (Phi) is 7.73. The maximum atomic E-state index is 13.3. The number of para-hydroxylation sites is 1. The lowest BCUT2D eigenvalue weighted by Crippen LogP contribution is -2.46. The molecule has 1 heterocycles. The highest BCUT2D eigenvalue weighted by atomic mass is 35.5. The third-order valence-corrected chi connectivity index (χ3v) is 6.47. The number of likely N-dealkylation sites (N-methyl/N-ethyl adjacent to an activating group) is 1. The molecule has 3 aromatic carbocycles. The number of nitrogens with zero attached hydrogens (tertiary/aromatic N) is 3. The summed E-state index contributed by atoms with van der Waals surface area (Å²) in [6, 6.07) is 22.8. The summed E-state index contributed by atoms with van der Waals surface area (Å²) in [4.78, 5) is 34.4. The van der Waals surface area contributed by atoms with E-state index in [0.29, 0.717) is 28.8 Å². The number of hydrogen-bond acceptors (Lipinski definition) is 4. The number of carbonyl (C=O) groups excluding carboxylic acids is 2. The Balaban J connectivity index is 1.57. The van der Waals surface area contributed by atoms with Gasteiger partial charge in [0.2, 0.25) is 12.1 Å². The van der Waals surface area contributed by atoms with Crippen molar-refractivity contribution < 1.29 is 9.59 Å². The number of anilines is 1. The van der Waals surface area contributed by atoms with Gasteiger partial charge < -0.3 is 15.1 Å². The van der Waals surface area contributed by atoms with E-state index in [1.807, 2.05) is 66.5 Å². The van der Waals surface area contributed by atoms with E-state index in [0.717, 1.165) is 22.4 Å². The Bertz CT molecular complexity index is 1260. The van der Waals surface area contributed by atoms with Crippen LogP contribution < -0.4 is 10.2 Å². The number of aryl methyl sites for hydroxylation is 1. The van der Waals surface area contributed by atoms with Crippen LogP contribution in [0.3, 0.4) is 0 Å². The van der Waals surface area contributed by atoms with E-state index in [1.54, 1.807) is 30.1 Å². The standard InChI is InChI=1S/C27H26Cl2N4O2/c1-32(17-18-8-4-3-5-9-18)26-21-10-6-7-11-23(21)33(2)27(35)25(31-26)30-24(34)15-13-19-12-14-20(28)16-22(19)29/h3-12,14,16,25H,13,15,17H2,1-2H3,(H,30,34). The number of nitrogens with one attached hydrogen (secondary N) is 1. The highest BCUT2D eigenvalue weighted by molar-refractivity contribution is 6.35. The molecule has 1 aliphatic heterocycles. The van der Waals surface area contributed by atoms with Gasteiger partial charge in [0.25, 0.3) is 5.91 Å². The Morgan fingerprint density at radius 1 is 1.06 bits per heavy atom. The molecule has 1 aliphatic rings. The van der Waals surface area contributed by atoms with Crippen molar-refractivity contribution in [2.24, 2.45) is 4.99 Å². The van der Waals surface area contributed by atoms with Gasteiger partial charge in [-0.1, -0.05) is 71.7 Å². The zero-order valence-corrected chi connectivity index (χ0v) is 21.1. The predicted octanol–water partition coefficient (Wildman–Crippen LogP) is 4.92. The van der Waals surface area contributed by atoms with Crippen LogP contribution in [-0.2, 0) is 22.6 Å². The number of rotatable bonds is 6. The normalized spacial score (nSPS) is 15.2. The van der Waals surface area contributed by atoms with Crippen molar-refractivity contribution >= 4 is 46.5 Å². The van der Waals surface area contributed by atoms with Gasteiger partial charge in [0.1, 0.15) is 5.84 Å².